The minimum Gasteiger partial charge on any atom is -0.365 e. The molecule has 1 saturated heterocycles. The Hall–Kier alpha value is -1.99. The van der Waals surface area contributed by atoms with E-state index in [2.05, 4.69) is 20.2 Å². The minimum atomic E-state index is -0.589. The molecule has 26 heavy (non-hydrogen) atoms. The van der Waals surface area contributed by atoms with Gasteiger partial charge >= 0.3 is 0 Å². The summed E-state index contributed by atoms with van der Waals surface area (Å²) in [7, 11) is 0. The van der Waals surface area contributed by atoms with Crippen LogP contribution in [0.5, 0.6) is 0 Å². The normalized spacial score (nSPS) is 22.4. The van der Waals surface area contributed by atoms with Crippen LogP contribution in [0.2, 0.25) is 0 Å². The van der Waals surface area contributed by atoms with E-state index in [-0.39, 0.29) is 0 Å². The van der Waals surface area contributed by atoms with Gasteiger partial charge < -0.3 is 10.2 Å². The van der Waals surface area contributed by atoms with Crippen molar-refractivity contribution in [2.45, 2.75) is 51.0 Å². The van der Waals surface area contributed by atoms with Crippen LogP contribution in [-0.2, 0) is 4.79 Å². The molecule has 0 bridgehead atoms. The number of carbonyl (C=O) groups excluding carboxylic acids is 1. The first-order chi connectivity index (χ1) is 12.7. The number of hydrogen-bond acceptors (Lipinski definition) is 6. The molecule has 1 aliphatic heterocycles. The number of hydroxylamine groups is 1. The summed E-state index contributed by atoms with van der Waals surface area (Å²) in [6, 6.07) is 0.406. The number of likely N-dealkylation sites (tertiary alicyclic amines) is 1. The molecular weight excluding hydrogens is 330 g/mol. The fraction of sp³-hybridized carbons (Fsp3) is 0.632. The van der Waals surface area contributed by atoms with E-state index in [0.717, 1.165) is 24.7 Å². The Morgan fingerprint density at radius 2 is 2.04 bits per heavy atom. The molecule has 142 valence electrons. The summed E-state index contributed by atoms with van der Waals surface area (Å²) in [6.07, 6.45) is 15.4. The smallest absolute Gasteiger partial charge is 0.267 e. The average Bonchev–Trinajstić information content (AvgIpc) is 2.68. The Balaban J connectivity index is 1.48. The molecule has 1 amide bonds. The Morgan fingerprint density at radius 3 is 2.77 bits per heavy atom. The number of carbonyl (C=O) groups is 1. The van der Waals surface area contributed by atoms with Crippen molar-refractivity contribution in [3.8, 4) is 0 Å². The van der Waals surface area contributed by atoms with Gasteiger partial charge in [0.2, 0.25) is 0 Å². The first kappa shape index (κ1) is 18.8. The van der Waals surface area contributed by atoms with Gasteiger partial charge in [-0.2, -0.15) is 0 Å². The third-order valence-corrected chi connectivity index (χ3v) is 5.29. The lowest BCUT2D eigenvalue weighted by molar-refractivity contribution is -0.124. The van der Waals surface area contributed by atoms with E-state index in [0.29, 0.717) is 11.7 Å². The predicted octanol–water partition coefficient (Wildman–Crippen LogP) is 2.45. The molecule has 1 aliphatic carbocycles. The van der Waals surface area contributed by atoms with Crippen LogP contribution in [-0.4, -0.2) is 51.7 Å². The highest BCUT2D eigenvalue weighted by Crippen LogP contribution is 2.25. The van der Waals surface area contributed by atoms with Crippen LogP contribution in [0.4, 0.5) is 5.82 Å². The number of rotatable bonds is 6. The number of anilines is 1. The molecule has 7 heteroatoms. The topological polar surface area (TPSA) is 90.4 Å². The standard InChI is InChI=1S/C19H29N5O2/c25-19(23-26)9-8-16-11-21-18(12-20-16)22-17-7-4-10-24(14-17)13-15-5-2-1-3-6-15/h8-9,11-12,15,17,26H,1-7,10,13-14H2,(H,21,22)(H,23,25)/b9-8+/t17-/m1/s1. The van der Waals surface area contributed by atoms with Crippen LogP contribution in [0.1, 0.15) is 50.6 Å². The van der Waals surface area contributed by atoms with Gasteiger partial charge in [-0.3, -0.25) is 15.0 Å². The number of aromatic nitrogens is 2. The molecule has 1 saturated carbocycles. The summed E-state index contributed by atoms with van der Waals surface area (Å²) in [6.45, 7) is 3.51. The molecule has 0 unspecified atom stereocenters. The zero-order valence-corrected chi connectivity index (χ0v) is 15.2. The van der Waals surface area contributed by atoms with Crippen LogP contribution in [0, 0.1) is 5.92 Å². The molecule has 2 aliphatic rings. The lowest BCUT2D eigenvalue weighted by Gasteiger charge is -2.36. The first-order valence-electron chi connectivity index (χ1n) is 9.66. The molecule has 3 N–H and O–H groups in total. The lowest BCUT2D eigenvalue weighted by atomic mass is 9.88. The largest absolute Gasteiger partial charge is 0.365 e. The molecule has 7 nitrogen and oxygen atoms in total. The van der Waals surface area contributed by atoms with Gasteiger partial charge in [-0.25, -0.2) is 10.5 Å². The number of hydrogen-bond donors (Lipinski definition) is 3. The number of nitrogens with zero attached hydrogens (tertiary/aromatic N) is 3. The van der Waals surface area contributed by atoms with E-state index in [1.54, 1.807) is 17.9 Å². The molecule has 1 atom stereocenters. The van der Waals surface area contributed by atoms with Gasteiger partial charge in [0.25, 0.3) is 5.91 Å². The molecule has 2 heterocycles. The summed E-state index contributed by atoms with van der Waals surface area (Å²) in [5, 5.41) is 12.0. The van der Waals surface area contributed by atoms with Crippen molar-refractivity contribution in [2.24, 2.45) is 5.92 Å². The third kappa shape index (κ3) is 5.78. The van der Waals surface area contributed by atoms with Crippen molar-refractivity contribution in [1.82, 2.24) is 20.3 Å². The van der Waals surface area contributed by atoms with Crippen molar-refractivity contribution in [1.29, 1.82) is 0 Å². The molecule has 0 spiro atoms. The molecule has 1 aromatic rings. The van der Waals surface area contributed by atoms with Crippen molar-refractivity contribution in [3.05, 3.63) is 24.2 Å². The zero-order valence-electron chi connectivity index (χ0n) is 15.2. The van der Waals surface area contributed by atoms with Crippen molar-refractivity contribution < 1.29 is 10.0 Å². The average molecular weight is 359 g/mol. The monoisotopic (exact) mass is 359 g/mol. The SMILES string of the molecule is O=C(/C=C/c1cnc(N[C@@H]2CCCN(CC3CCCCC3)C2)cn1)NO. The molecule has 2 fully saturated rings. The Labute approximate surface area is 154 Å². The summed E-state index contributed by atoms with van der Waals surface area (Å²) >= 11 is 0. The fourth-order valence-corrected chi connectivity index (χ4v) is 3.98. The maximum atomic E-state index is 11.0. The van der Waals surface area contributed by atoms with E-state index >= 15 is 0 Å². The maximum absolute atomic E-state index is 11.0. The van der Waals surface area contributed by atoms with Crippen molar-refractivity contribution >= 4 is 17.8 Å². The highest BCUT2D eigenvalue weighted by molar-refractivity contribution is 5.90. The quantitative estimate of drug-likeness (QED) is 0.411. The predicted molar refractivity (Wildman–Crippen MR) is 101 cm³/mol. The summed E-state index contributed by atoms with van der Waals surface area (Å²) in [5.41, 5.74) is 2.11. The number of piperidine rings is 1. The van der Waals surface area contributed by atoms with E-state index in [1.165, 1.54) is 63.8 Å². The second-order valence-corrected chi connectivity index (χ2v) is 7.38. The van der Waals surface area contributed by atoms with E-state index in [1.807, 2.05) is 0 Å². The van der Waals surface area contributed by atoms with Crippen LogP contribution >= 0.6 is 0 Å². The van der Waals surface area contributed by atoms with Gasteiger partial charge in [0, 0.05) is 25.2 Å². The highest BCUT2D eigenvalue weighted by atomic mass is 16.5. The number of amides is 1. The molecule has 1 aromatic heterocycles. The first-order valence-corrected chi connectivity index (χ1v) is 9.66. The molecule has 3 rings (SSSR count). The van der Waals surface area contributed by atoms with Gasteiger partial charge in [0.15, 0.2) is 0 Å². The van der Waals surface area contributed by atoms with Crippen LogP contribution in [0.25, 0.3) is 6.08 Å². The lowest BCUT2D eigenvalue weighted by Crippen LogP contribution is -2.44. The Kier molecular flexibility index (Phi) is 6.96. The van der Waals surface area contributed by atoms with Gasteiger partial charge in [0.05, 0.1) is 18.1 Å². The van der Waals surface area contributed by atoms with Crippen molar-refractivity contribution in [2.75, 3.05) is 25.0 Å². The van der Waals surface area contributed by atoms with Crippen LogP contribution in [0.15, 0.2) is 18.5 Å². The van der Waals surface area contributed by atoms with E-state index < -0.39 is 5.91 Å². The van der Waals surface area contributed by atoms with Gasteiger partial charge in [-0.1, -0.05) is 19.3 Å². The maximum Gasteiger partial charge on any atom is 0.267 e. The van der Waals surface area contributed by atoms with Gasteiger partial charge in [0.1, 0.15) is 5.82 Å². The third-order valence-electron chi connectivity index (χ3n) is 5.29. The highest BCUT2D eigenvalue weighted by Gasteiger charge is 2.23. The number of nitrogens with one attached hydrogen (secondary N) is 2. The molecule has 0 aromatic carbocycles. The summed E-state index contributed by atoms with van der Waals surface area (Å²) in [4.78, 5) is 22.2. The Bertz CT molecular complexity index is 598. The fourth-order valence-electron chi connectivity index (χ4n) is 3.98. The zero-order chi connectivity index (χ0) is 18.2. The Morgan fingerprint density at radius 1 is 1.19 bits per heavy atom. The van der Waals surface area contributed by atoms with Gasteiger partial charge in [-0.15, -0.1) is 0 Å². The van der Waals surface area contributed by atoms with Crippen LogP contribution in [0.3, 0.4) is 0 Å². The van der Waals surface area contributed by atoms with Crippen LogP contribution < -0.4 is 10.8 Å². The molecular formula is C19H29N5O2. The van der Waals surface area contributed by atoms with Crippen molar-refractivity contribution in [3.63, 3.8) is 0 Å². The van der Waals surface area contributed by atoms with E-state index in [4.69, 9.17) is 5.21 Å². The minimum absolute atomic E-state index is 0.406. The van der Waals surface area contributed by atoms with Gasteiger partial charge in [-0.05, 0) is 44.2 Å². The summed E-state index contributed by atoms with van der Waals surface area (Å²) < 4.78 is 0. The summed E-state index contributed by atoms with van der Waals surface area (Å²) in [5.74, 6) is 1.05. The second kappa shape index (κ2) is 9.64. The van der Waals surface area contributed by atoms with E-state index in [9.17, 15) is 4.79 Å². The molecule has 0 radical (unpaired) electrons. The second-order valence-electron chi connectivity index (χ2n) is 7.38.